The van der Waals surface area contributed by atoms with Gasteiger partial charge in [0, 0.05) is 5.54 Å². The molecule has 6 nitrogen and oxygen atoms in total. The fourth-order valence-corrected chi connectivity index (χ4v) is 1.27. The summed E-state index contributed by atoms with van der Waals surface area (Å²) >= 11 is 0. The van der Waals surface area contributed by atoms with E-state index >= 15 is 0 Å². The van der Waals surface area contributed by atoms with E-state index in [4.69, 9.17) is 5.11 Å². The van der Waals surface area contributed by atoms with Gasteiger partial charge in [-0.05, 0) is 26.7 Å². The molecule has 0 aliphatic carbocycles. The lowest BCUT2D eigenvalue weighted by Crippen LogP contribution is -2.56. The van der Waals surface area contributed by atoms with Crippen LogP contribution in [0.1, 0.15) is 40.5 Å². The molecule has 0 saturated carbocycles. The highest BCUT2D eigenvalue weighted by Gasteiger charge is 2.28. The summed E-state index contributed by atoms with van der Waals surface area (Å²) in [5, 5.41) is 23.0. The fourth-order valence-electron chi connectivity index (χ4n) is 1.27. The summed E-state index contributed by atoms with van der Waals surface area (Å²) in [4.78, 5) is 22.4. The molecular weight excluding hydrogens is 224 g/mol. The number of rotatable bonds is 6. The molecule has 17 heavy (non-hydrogen) atoms. The fraction of sp³-hybridized carbons (Fsp3) is 0.818. The van der Waals surface area contributed by atoms with Gasteiger partial charge in [0.1, 0.15) is 0 Å². The number of aliphatic hydroxyl groups is 1. The average molecular weight is 246 g/mol. The van der Waals surface area contributed by atoms with Crippen LogP contribution in [0, 0.1) is 0 Å². The Kier molecular flexibility index (Phi) is 5.95. The minimum absolute atomic E-state index is 0.369. The van der Waals surface area contributed by atoms with Crippen LogP contribution in [0.5, 0.6) is 0 Å². The van der Waals surface area contributed by atoms with Crippen LogP contribution in [0.25, 0.3) is 0 Å². The molecule has 0 aromatic rings. The summed E-state index contributed by atoms with van der Waals surface area (Å²) in [6.45, 7) is 7.07. The molecule has 0 aromatic carbocycles. The van der Waals surface area contributed by atoms with Crippen molar-refractivity contribution in [2.75, 3.05) is 0 Å². The van der Waals surface area contributed by atoms with Gasteiger partial charge in [0.2, 0.25) is 0 Å². The lowest BCUT2D eigenvalue weighted by Gasteiger charge is -2.29. The Hall–Kier alpha value is -1.30. The maximum atomic E-state index is 11.6. The summed E-state index contributed by atoms with van der Waals surface area (Å²) in [6.07, 6.45) is 0.333. The maximum absolute atomic E-state index is 11.6. The molecule has 6 heteroatoms. The van der Waals surface area contributed by atoms with Crippen LogP contribution in [-0.2, 0) is 4.79 Å². The third kappa shape index (κ3) is 5.04. The molecule has 0 fully saturated rings. The van der Waals surface area contributed by atoms with Gasteiger partial charge in [-0.2, -0.15) is 0 Å². The maximum Gasteiger partial charge on any atom is 0.328 e. The topological polar surface area (TPSA) is 98.7 Å². The third-order valence-corrected chi connectivity index (χ3v) is 3.01. The van der Waals surface area contributed by atoms with E-state index in [2.05, 4.69) is 10.6 Å². The van der Waals surface area contributed by atoms with Gasteiger partial charge in [0.15, 0.2) is 6.04 Å². The van der Waals surface area contributed by atoms with E-state index in [9.17, 15) is 14.7 Å². The molecule has 0 heterocycles. The highest BCUT2D eigenvalue weighted by atomic mass is 16.4. The number of aliphatic hydroxyl groups excluding tert-OH is 1. The van der Waals surface area contributed by atoms with Crippen molar-refractivity contribution in [2.45, 2.75) is 58.2 Å². The molecule has 0 saturated heterocycles. The lowest BCUT2D eigenvalue weighted by atomic mass is 9.96. The van der Waals surface area contributed by atoms with Gasteiger partial charge in [0.05, 0.1) is 6.10 Å². The molecule has 0 rings (SSSR count). The van der Waals surface area contributed by atoms with Gasteiger partial charge in [-0.1, -0.05) is 13.8 Å². The van der Waals surface area contributed by atoms with Crippen molar-refractivity contribution in [1.82, 2.24) is 10.6 Å². The number of carboxylic acid groups (broad SMARTS) is 1. The largest absolute Gasteiger partial charge is 0.480 e. The molecule has 4 N–H and O–H groups in total. The molecule has 2 amide bonds. The van der Waals surface area contributed by atoms with Crippen LogP contribution in [0.2, 0.25) is 0 Å². The van der Waals surface area contributed by atoms with E-state index in [1.165, 1.54) is 6.92 Å². The van der Waals surface area contributed by atoms with Crippen LogP contribution >= 0.6 is 0 Å². The second kappa shape index (κ2) is 6.44. The van der Waals surface area contributed by atoms with Crippen LogP contribution in [0.15, 0.2) is 0 Å². The number of nitrogens with one attached hydrogen (secondary N) is 2. The SMILES string of the molecule is CCC(C)(CC)NC(=O)N[C@H](C(=O)O)[C@@H](C)O. The Morgan fingerprint density at radius 2 is 1.76 bits per heavy atom. The first-order valence-electron chi connectivity index (χ1n) is 5.75. The van der Waals surface area contributed by atoms with Crippen molar-refractivity contribution in [3.63, 3.8) is 0 Å². The minimum Gasteiger partial charge on any atom is -0.480 e. The summed E-state index contributed by atoms with van der Waals surface area (Å²) in [5.41, 5.74) is -0.369. The zero-order valence-corrected chi connectivity index (χ0v) is 10.8. The summed E-state index contributed by atoms with van der Waals surface area (Å²) in [6, 6.07) is -1.88. The van der Waals surface area contributed by atoms with Crippen molar-refractivity contribution in [3.05, 3.63) is 0 Å². The first-order valence-corrected chi connectivity index (χ1v) is 5.75. The average Bonchev–Trinajstić information content (AvgIpc) is 2.24. The second-order valence-electron chi connectivity index (χ2n) is 4.42. The molecule has 0 bridgehead atoms. The molecule has 0 aromatic heterocycles. The van der Waals surface area contributed by atoms with Crippen LogP contribution in [0.4, 0.5) is 4.79 Å². The Morgan fingerprint density at radius 3 is 2.06 bits per heavy atom. The van der Waals surface area contributed by atoms with Gasteiger partial charge < -0.3 is 20.8 Å². The molecule has 0 aliphatic rings. The molecular formula is C11H22N2O4. The van der Waals surface area contributed by atoms with E-state index in [-0.39, 0.29) is 5.54 Å². The Labute approximate surface area is 101 Å². The first-order chi connectivity index (χ1) is 7.75. The summed E-state index contributed by atoms with van der Waals surface area (Å²) in [7, 11) is 0. The van der Waals surface area contributed by atoms with Gasteiger partial charge in [0.25, 0.3) is 0 Å². The van der Waals surface area contributed by atoms with Crippen LogP contribution in [-0.4, -0.2) is 39.9 Å². The molecule has 0 aliphatic heterocycles. The van der Waals surface area contributed by atoms with E-state index < -0.39 is 24.1 Å². The summed E-state index contributed by atoms with van der Waals surface area (Å²) in [5.74, 6) is -1.26. The highest BCUT2D eigenvalue weighted by Crippen LogP contribution is 2.13. The number of carbonyl (C=O) groups is 2. The monoisotopic (exact) mass is 246 g/mol. The van der Waals surface area contributed by atoms with Gasteiger partial charge in [-0.3, -0.25) is 0 Å². The molecule has 0 unspecified atom stereocenters. The number of amides is 2. The van der Waals surface area contributed by atoms with Crippen molar-refractivity contribution in [1.29, 1.82) is 0 Å². The Morgan fingerprint density at radius 1 is 1.29 bits per heavy atom. The predicted octanol–water partition coefficient (Wildman–Crippen LogP) is 0.698. The number of hydrogen-bond acceptors (Lipinski definition) is 3. The molecule has 0 radical (unpaired) electrons. The Bertz CT molecular complexity index is 275. The number of hydrogen-bond donors (Lipinski definition) is 4. The number of aliphatic carboxylic acids is 1. The zero-order chi connectivity index (χ0) is 13.6. The van der Waals surface area contributed by atoms with Crippen molar-refractivity contribution in [2.24, 2.45) is 0 Å². The van der Waals surface area contributed by atoms with Crippen molar-refractivity contribution in [3.8, 4) is 0 Å². The van der Waals surface area contributed by atoms with Gasteiger partial charge in [-0.15, -0.1) is 0 Å². The predicted molar refractivity (Wildman–Crippen MR) is 63.8 cm³/mol. The normalized spacial score (nSPS) is 14.9. The van der Waals surface area contributed by atoms with Crippen LogP contribution < -0.4 is 10.6 Å². The summed E-state index contributed by atoms with van der Waals surface area (Å²) < 4.78 is 0. The van der Waals surface area contributed by atoms with Crippen molar-refractivity contribution >= 4 is 12.0 Å². The van der Waals surface area contributed by atoms with E-state index in [0.717, 1.165) is 12.8 Å². The Balaban J connectivity index is 4.48. The lowest BCUT2D eigenvalue weighted by molar-refractivity contribution is -0.141. The standard InChI is InChI=1S/C11H22N2O4/c1-5-11(4,6-2)13-10(17)12-8(7(3)14)9(15)16/h7-8,14H,5-6H2,1-4H3,(H,15,16)(H2,12,13,17)/t7-,8+/m1/s1. The van der Waals surface area contributed by atoms with Gasteiger partial charge >= 0.3 is 12.0 Å². The quantitative estimate of drug-likeness (QED) is 0.554. The highest BCUT2D eigenvalue weighted by molar-refractivity contribution is 5.83. The number of urea groups is 1. The first kappa shape index (κ1) is 15.7. The van der Waals surface area contributed by atoms with Crippen LogP contribution in [0.3, 0.4) is 0 Å². The van der Waals surface area contributed by atoms with Gasteiger partial charge in [-0.25, -0.2) is 9.59 Å². The van der Waals surface area contributed by atoms with Crippen molar-refractivity contribution < 1.29 is 19.8 Å². The van der Waals surface area contributed by atoms with E-state index in [0.29, 0.717) is 0 Å². The molecule has 100 valence electrons. The third-order valence-electron chi connectivity index (χ3n) is 3.01. The minimum atomic E-state index is -1.30. The second-order valence-corrected chi connectivity index (χ2v) is 4.42. The van der Waals surface area contributed by atoms with E-state index in [1.807, 2.05) is 20.8 Å². The number of carboxylic acids is 1. The van der Waals surface area contributed by atoms with E-state index in [1.54, 1.807) is 0 Å². The number of carbonyl (C=O) groups excluding carboxylic acids is 1. The smallest absolute Gasteiger partial charge is 0.328 e. The zero-order valence-electron chi connectivity index (χ0n) is 10.8. The molecule has 2 atom stereocenters. The molecule has 0 spiro atoms.